The van der Waals surface area contributed by atoms with Gasteiger partial charge in [-0.25, -0.2) is 4.39 Å². The van der Waals surface area contributed by atoms with E-state index in [1.165, 1.54) is 12.1 Å². The summed E-state index contributed by atoms with van der Waals surface area (Å²) in [5.41, 5.74) is 3.75. The first-order valence-corrected chi connectivity index (χ1v) is 9.54. The van der Waals surface area contributed by atoms with Crippen LogP contribution in [0.3, 0.4) is 0 Å². The molecular weight excluding hydrogens is 383 g/mol. The highest BCUT2D eigenvalue weighted by Gasteiger charge is 2.14. The van der Waals surface area contributed by atoms with Crippen molar-refractivity contribution in [1.82, 2.24) is 5.32 Å². The highest BCUT2D eigenvalue weighted by Crippen LogP contribution is 2.20. The van der Waals surface area contributed by atoms with E-state index in [1.807, 2.05) is 32.0 Å². The lowest BCUT2D eigenvalue weighted by atomic mass is 10.1. The molecule has 0 fully saturated rings. The van der Waals surface area contributed by atoms with Crippen LogP contribution >= 0.6 is 0 Å². The first kappa shape index (κ1) is 21.0. The topological polar surface area (TPSA) is 67.4 Å². The Morgan fingerprint density at radius 2 is 1.57 bits per heavy atom. The second-order valence-electron chi connectivity index (χ2n) is 6.91. The summed E-state index contributed by atoms with van der Waals surface area (Å²) in [5.74, 6) is -0.668. The molecule has 2 amide bonds. The number of benzene rings is 3. The van der Waals surface area contributed by atoms with E-state index in [4.69, 9.17) is 4.74 Å². The molecule has 0 atom stereocenters. The van der Waals surface area contributed by atoms with Gasteiger partial charge in [0.25, 0.3) is 5.91 Å². The fourth-order valence-corrected chi connectivity index (χ4v) is 2.97. The van der Waals surface area contributed by atoms with Crippen LogP contribution in [0.4, 0.5) is 10.1 Å². The summed E-state index contributed by atoms with van der Waals surface area (Å²) in [6, 6.07) is 18.5. The number of para-hydroxylation sites is 2. The molecule has 2 N–H and O–H groups in total. The minimum absolute atomic E-state index is 0.168. The lowest BCUT2D eigenvalue weighted by Crippen LogP contribution is -2.33. The minimum atomic E-state index is -0.415. The van der Waals surface area contributed by atoms with Crippen LogP contribution in [0.5, 0.6) is 5.75 Å². The molecule has 0 heterocycles. The smallest absolute Gasteiger partial charge is 0.255 e. The molecule has 3 aromatic rings. The van der Waals surface area contributed by atoms with Gasteiger partial charge in [-0.3, -0.25) is 9.59 Å². The Labute approximate surface area is 174 Å². The number of halogens is 1. The van der Waals surface area contributed by atoms with Crippen molar-refractivity contribution in [2.45, 2.75) is 20.5 Å². The predicted molar refractivity (Wildman–Crippen MR) is 114 cm³/mol. The van der Waals surface area contributed by atoms with Gasteiger partial charge in [0.05, 0.1) is 12.1 Å². The molecule has 0 radical (unpaired) electrons. The summed E-state index contributed by atoms with van der Waals surface area (Å²) in [6.45, 7) is 3.85. The molecule has 0 saturated heterocycles. The molecule has 6 heteroatoms. The van der Waals surface area contributed by atoms with E-state index in [9.17, 15) is 14.0 Å². The maximum Gasteiger partial charge on any atom is 0.255 e. The molecule has 0 spiro atoms. The van der Waals surface area contributed by atoms with Gasteiger partial charge >= 0.3 is 0 Å². The van der Waals surface area contributed by atoms with Crippen molar-refractivity contribution in [3.8, 4) is 5.75 Å². The third kappa shape index (κ3) is 5.44. The van der Waals surface area contributed by atoms with Crippen LogP contribution in [-0.2, 0) is 11.4 Å². The molecule has 0 bridgehead atoms. The number of ether oxygens (including phenoxy) is 1. The summed E-state index contributed by atoms with van der Waals surface area (Å²) >= 11 is 0. The van der Waals surface area contributed by atoms with Crippen molar-refractivity contribution in [2.75, 3.05) is 11.9 Å². The van der Waals surface area contributed by atoms with Crippen LogP contribution in [0, 0.1) is 19.7 Å². The Morgan fingerprint density at radius 1 is 0.900 bits per heavy atom. The zero-order valence-corrected chi connectivity index (χ0v) is 16.9. The van der Waals surface area contributed by atoms with Gasteiger partial charge in [-0.05, 0) is 54.8 Å². The van der Waals surface area contributed by atoms with E-state index >= 15 is 0 Å². The lowest BCUT2D eigenvalue weighted by molar-refractivity contribution is -0.115. The Hall–Kier alpha value is -3.67. The number of anilines is 1. The molecule has 0 aliphatic rings. The number of aryl methyl sites for hydroxylation is 2. The van der Waals surface area contributed by atoms with Crippen molar-refractivity contribution in [2.24, 2.45) is 0 Å². The number of carbonyl (C=O) groups is 2. The minimum Gasteiger partial charge on any atom is -0.488 e. The van der Waals surface area contributed by atoms with E-state index in [1.54, 1.807) is 36.4 Å². The van der Waals surface area contributed by atoms with Crippen LogP contribution in [0.25, 0.3) is 0 Å². The van der Waals surface area contributed by atoms with Gasteiger partial charge in [0.15, 0.2) is 0 Å². The van der Waals surface area contributed by atoms with Crippen LogP contribution in [0.2, 0.25) is 0 Å². The largest absolute Gasteiger partial charge is 0.488 e. The first-order chi connectivity index (χ1) is 14.4. The second-order valence-corrected chi connectivity index (χ2v) is 6.91. The Bertz CT molecular complexity index is 1030. The fraction of sp³-hybridized carbons (Fsp3) is 0.167. The van der Waals surface area contributed by atoms with Crippen molar-refractivity contribution >= 4 is 17.5 Å². The SMILES string of the molecule is Cc1cccc(C)c1NC(=O)CNC(=O)c1ccccc1OCc1ccc(F)cc1. The van der Waals surface area contributed by atoms with Crippen LogP contribution < -0.4 is 15.4 Å². The molecular formula is C24H23FN2O3. The Kier molecular flexibility index (Phi) is 6.80. The normalized spacial score (nSPS) is 10.4. The maximum absolute atomic E-state index is 13.0. The lowest BCUT2D eigenvalue weighted by Gasteiger charge is -2.13. The van der Waals surface area contributed by atoms with Gasteiger partial charge in [0.2, 0.25) is 5.91 Å². The fourth-order valence-electron chi connectivity index (χ4n) is 2.97. The summed E-state index contributed by atoms with van der Waals surface area (Å²) in [5, 5.41) is 5.46. The summed E-state index contributed by atoms with van der Waals surface area (Å²) < 4.78 is 18.8. The monoisotopic (exact) mass is 406 g/mol. The zero-order chi connectivity index (χ0) is 21.5. The number of nitrogens with one attached hydrogen (secondary N) is 2. The van der Waals surface area contributed by atoms with Crippen LogP contribution in [0.1, 0.15) is 27.0 Å². The summed E-state index contributed by atoms with van der Waals surface area (Å²) in [7, 11) is 0. The van der Waals surface area contributed by atoms with Crippen molar-refractivity contribution < 1.29 is 18.7 Å². The molecule has 0 aromatic heterocycles. The third-order valence-electron chi connectivity index (χ3n) is 4.59. The van der Waals surface area contributed by atoms with Gasteiger partial charge < -0.3 is 15.4 Å². The molecule has 0 saturated carbocycles. The second kappa shape index (κ2) is 9.69. The zero-order valence-electron chi connectivity index (χ0n) is 16.9. The van der Waals surface area contributed by atoms with Crippen LogP contribution in [-0.4, -0.2) is 18.4 Å². The first-order valence-electron chi connectivity index (χ1n) is 9.54. The molecule has 3 aromatic carbocycles. The van der Waals surface area contributed by atoms with E-state index in [0.29, 0.717) is 11.3 Å². The van der Waals surface area contributed by atoms with Gasteiger partial charge in [-0.2, -0.15) is 0 Å². The van der Waals surface area contributed by atoms with Crippen molar-refractivity contribution in [1.29, 1.82) is 0 Å². The highest BCUT2D eigenvalue weighted by molar-refractivity contribution is 6.01. The van der Waals surface area contributed by atoms with Crippen molar-refractivity contribution in [3.63, 3.8) is 0 Å². The number of hydrogen-bond acceptors (Lipinski definition) is 3. The summed E-state index contributed by atoms with van der Waals surface area (Å²) in [6.07, 6.45) is 0. The van der Waals surface area contributed by atoms with E-state index in [-0.39, 0.29) is 24.9 Å². The Balaban J connectivity index is 1.60. The van der Waals surface area contributed by atoms with E-state index in [2.05, 4.69) is 10.6 Å². The van der Waals surface area contributed by atoms with Crippen molar-refractivity contribution in [3.05, 3.63) is 94.8 Å². The average Bonchev–Trinajstić information content (AvgIpc) is 2.74. The number of carbonyl (C=O) groups excluding carboxylic acids is 2. The Morgan fingerprint density at radius 3 is 2.27 bits per heavy atom. The van der Waals surface area contributed by atoms with Gasteiger partial charge in [-0.15, -0.1) is 0 Å². The molecule has 154 valence electrons. The van der Waals surface area contributed by atoms with E-state index < -0.39 is 5.91 Å². The van der Waals surface area contributed by atoms with Gasteiger partial charge in [0, 0.05) is 5.69 Å². The average molecular weight is 406 g/mol. The maximum atomic E-state index is 13.0. The molecule has 0 unspecified atom stereocenters. The quantitative estimate of drug-likeness (QED) is 0.612. The van der Waals surface area contributed by atoms with E-state index in [0.717, 1.165) is 22.4 Å². The predicted octanol–water partition coefficient (Wildman–Crippen LogP) is 4.39. The number of hydrogen-bond donors (Lipinski definition) is 2. The van der Waals surface area contributed by atoms with Crippen LogP contribution in [0.15, 0.2) is 66.7 Å². The number of amides is 2. The highest BCUT2D eigenvalue weighted by atomic mass is 19.1. The standard InChI is InChI=1S/C24H23FN2O3/c1-16-6-5-7-17(2)23(16)27-22(28)14-26-24(29)20-8-3-4-9-21(20)30-15-18-10-12-19(25)13-11-18/h3-13H,14-15H2,1-2H3,(H,26,29)(H,27,28). The molecule has 30 heavy (non-hydrogen) atoms. The molecule has 0 aliphatic carbocycles. The molecule has 3 rings (SSSR count). The van der Waals surface area contributed by atoms with Gasteiger partial charge in [-0.1, -0.05) is 42.5 Å². The third-order valence-corrected chi connectivity index (χ3v) is 4.59. The molecule has 5 nitrogen and oxygen atoms in total. The summed E-state index contributed by atoms with van der Waals surface area (Å²) in [4.78, 5) is 24.9. The van der Waals surface area contributed by atoms with Gasteiger partial charge in [0.1, 0.15) is 18.2 Å². The number of rotatable bonds is 7. The molecule has 0 aliphatic heterocycles.